The van der Waals surface area contributed by atoms with Gasteiger partial charge in [0, 0.05) is 12.6 Å². The monoisotopic (exact) mass is 194 g/mol. The molecule has 0 unspecified atom stereocenters. The predicted molar refractivity (Wildman–Crippen MR) is 52.1 cm³/mol. The third-order valence-corrected chi connectivity index (χ3v) is 1.78. The van der Waals surface area contributed by atoms with Crippen molar-refractivity contribution < 1.29 is 14.3 Å². The number of benzene rings is 1. The third kappa shape index (κ3) is 2.65. The number of carbonyl (C=O) groups excluding carboxylic acids is 1. The van der Waals surface area contributed by atoms with Crippen molar-refractivity contribution in [2.24, 2.45) is 0 Å². The molecule has 0 heterocycles. The first-order valence-corrected chi connectivity index (χ1v) is 4.12. The number of hydrogen-bond acceptors (Lipinski definition) is 3. The molecular formula is C10H12NO3. The molecule has 0 aliphatic rings. The smallest absolute Gasteiger partial charge is 0.309 e. The minimum absolute atomic E-state index is 0.414. The Kier molecular flexibility index (Phi) is 3.79. The lowest BCUT2D eigenvalue weighted by atomic mass is 10.2. The second-order valence-corrected chi connectivity index (χ2v) is 2.68. The fraction of sp³-hybridized carbons (Fsp3) is 0.300. The Hall–Kier alpha value is -1.71. The van der Waals surface area contributed by atoms with Crippen LogP contribution in [-0.2, 0) is 11.3 Å². The van der Waals surface area contributed by atoms with Gasteiger partial charge in [-0.2, -0.15) is 0 Å². The van der Waals surface area contributed by atoms with Gasteiger partial charge in [0.05, 0.1) is 14.2 Å². The zero-order valence-electron chi connectivity index (χ0n) is 8.16. The summed E-state index contributed by atoms with van der Waals surface area (Å²) in [5.74, 6) is 1.40. The summed E-state index contributed by atoms with van der Waals surface area (Å²) < 4.78 is 10.1. The maximum absolute atomic E-state index is 9.99. The summed E-state index contributed by atoms with van der Waals surface area (Å²) in [7, 11) is 3.16. The Morgan fingerprint density at radius 2 is 1.79 bits per heavy atom. The van der Waals surface area contributed by atoms with Crippen LogP contribution in [0.4, 0.5) is 0 Å². The van der Waals surface area contributed by atoms with E-state index in [1.165, 1.54) is 0 Å². The molecule has 1 amide bonds. The van der Waals surface area contributed by atoms with Crippen LogP contribution in [0.2, 0.25) is 0 Å². The van der Waals surface area contributed by atoms with Crippen LogP contribution in [0.5, 0.6) is 11.5 Å². The van der Waals surface area contributed by atoms with Crippen LogP contribution in [0.25, 0.3) is 0 Å². The van der Waals surface area contributed by atoms with Gasteiger partial charge in [-0.25, -0.2) is 0 Å². The fourth-order valence-electron chi connectivity index (χ4n) is 1.11. The highest BCUT2D eigenvalue weighted by Gasteiger charge is 2.00. The van der Waals surface area contributed by atoms with E-state index >= 15 is 0 Å². The average Bonchev–Trinajstić information content (AvgIpc) is 2.25. The molecule has 0 fully saturated rings. The van der Waals surface area contributed by atoms with Crippen LogP contribution in [0.15, 0.2) is 18.2 Å². The van der Waals surface area contributed by atoms with E-state index in [1.54, 1.807) is 26.7 Å². The Balaban J connectivity index is 2.86. The molecule has 14 heavy (non-hydrogen) atoms. The van der Waals surface area contributed by atoms with Gasteiger partial charge in [0.25, 0.3) is 0 Å². The Morgan fingerprint density at radius 1 is 1.21 bits per heavy atom. The van der Waals surface area contributed by atoms with E-state index in [9.17, 15) is 4.79 Å². The first-order valence-electron chi connectivity index (χ1n) is 4.12. The highest BCUT2D eigenvalue weighted by molar-refractivity contribution is 5.48. The molecule has 4 nitrogen and oxygen atoms in total. The van der Waals surface area contributed by atoms with Crippen LogP contribution in [0.1, 0.15) is 5.56 Å². The van der Waals surface area contributed by atoms with E-state index in [1.807, 2.05) is 12.1 Å². The molecule has 0 aromatic heterocycles. The number of amides is 1. The van der Waals surface area contributed by atoms with E-state index in [0.29, 0.717) is 18.0 Å². The third-order valence-electron chi connectivity index (χ3n) is 1.78. The summed E-state index contributed by atoms with van der Waals surface area (Å²) >= 11 is 0. The van der Waals surface area contributed by atoms with Gasteiger partial charge in [-0.05, 0) is 17.7 Å². The van der Waals surface area contributed by atoms with Gasteiger partial charge < -0.3 is 14.8 Å². The Morgan fingerprint density at radius 3 is 2.21 bits per heavy atom. The SMILES string of the molecule is COc1cc(CN[C]=O)cc(OC)c1. The molecule has 0 bridgehead atoms. The standard InChI is InChI=1S/C10H12NO3/c1-13-9-3-8(6-11-7-12)4-10(5-9)14-2/h3-5H,6H2,1-2H3,(H,11,12). The van der Waals surface area contributed by atoms with Crippen molar-refractivity contribution in [2.75, 3.05) is 14.2 Å². The van der Waals surface area contributed by atoms with Crippen LogP contribution in [0, 0.1) is 0 Å². The van der Waals surface area contributed by atoms with Gasteiger partial charge in [-0.15, -0.1) is 0 Å². The molecule has 1 radical (unpaired) electrons. The summed E-state index contributed by atoms with van der Waals surface area (Å²) in [6.45, 7) is 0.414. The van der Waals surface area contributed by atoms with Gasteiger partial charge in [-0.3, -0.25) is 4.79 Å². The maximum Gasteiger partial charge on any atom is 0.309 e. The van der Waals surface area contributed by atoms with Gasteiger partial charge in [-0.1, -0.05) is 0 Å². The van der Waals surface area contributed by atoms with E-state index in [2.05, 4.69) is 5.32 Å². The molecule has 1 rings (SSSR count). The largest absolute Gasteiger partial charge is 0.497 e. The van der Waals surface area contributed by atoms with E-state index in [-0.39, 0.29) is 0 Å². The lowest BCUT2D eigenvalue weighted by Gasteiger charge is -2.07. The lowest BCUT2D eigenvalue weighted by Crippen LogP contribution is -2.09. The summed E-state index contributed by atoms with van der Waals surface area (Å²) in [6.07, 6.45) is 1.61. The van der Waals surface area contributed by atoms with Crippen molar-refractivity contribution >= 4 is 6.41 Å². The minimum atomic E-state index is 0.414. The van der Waals surface area contributed by atoms with Crippen LogP contribution in [0.3, 0.4) is 0 Å². The molecule has 1 aromatic carbocycles. The predicted octanol–water partition coefficient (Wildman–Crippen LogP) is 0.861. The second-order valence-electron chi connectivity index (χ2n) is 2.68. The second kappa shape index (κ2) is 5.11. The number of methoxy groups -OCH3 is 2. The van der Waals surface area contributed by atoms with Crippen molar-refractivity contribution in [1.82, 2.24) is 5.32 Å². The topological polar surface area (TPSA) is 47.6 Å². The molecule has 0 atom stereocenters. The van der Waals surface area contributed by atoms with Crippen molar-refractivity contribution in [3.05, 3.63) is 23.8 Å². The van der Waals surface area contributed by atoms with E-state index in [0.717, 1.165) is 5.56 Å². The van der Waals surface area contributed by atoms with Gasteiger partial charge in [0.1, 0.15) is 11.5 Å². The molecule has 0 spiro atoms. The average molecular weight is 194 g/mol. The highest BCUT2D eigenvalue weighted by Crippen LogP contribution is 2.22. The van der Waals surface area contributed by atoms with Crippen molar-refractivity contribution in [3.8, 4) is 11.5 Å². The summed E-state index contributed by atoms with van der Waals surface area (Å²) in [6, 6.07) is 5.42. The maximum atomic E-state index is 9.99. The molecule has 0 saturated carbocycles. The van der Waals surface area contributed by atoms with Crippen LogP contribution in [-0.4, -0.2) is 20.6 Å². The lowest BCUT2D eigenvalue weighted by molar-refractivity contribution is 0.393. The fourth-order valence-corrected chi connectivity index (χ4v) is 1.11. The van der Waals surface area contributed by atoms with Crippen LogP contribution < -0.4 is 14.8 Å². The normalized spacial score (nSPS) is 9.29. The molecule has 4 heteroatoms. The minimum Gasteiger partial charge on any atom is -0.497 e. The molecule has 1 N–H and O–H groups in total. The summed E-state index contributed by atoms with van der Waals surface area (Å²) in [4.78, 5) is 9.99. The van der Waals surface area contributed by atoms with Gasteiger partial charge in [0.2, 0.25) is 0 Å². The first kappa shape index (κ1) is 10.4. The molecule has 75 valence electrons. The highest BCUT2D eigenvalue weighted by atomic mass is 16.5. The molecule has 0 saturated heterocycles. The van der Waals surface area contributed by atoms with Crippen molar-refractivity contribution in [3.63, 3.8) is 0 Å². The van der Waals surface area contributed by atoms with E-state index < -0.39 is 0 Å². The van der Waals surface area contributed by atoms with E-state index in [4.69, 9.17) is 9.47 Å². The molecule has 0 aliphatic heterocycles. The van der Waals surface area contributed by atoms with Gasteiger partial charge >= 0.3 is 6.41 Å². The number of nitrogens with one attached hydrogen (secondary N) is 1. The van der Waals surface area contributed by atoms with Gasteiger partial charge in [0.15, 0.2) is 0 Å². The van der Waals surface area contributed by atoms with Crippen molar-refractivity contribution in [1.29, 1.82) is 0 Å². The summed E-state index contributed by atoms with van der Waals surface area (Å²) in [5, 5.41) is 2.45. The number of ether oxygens (including phenoxy) is 2. The number of rotatable bonds is 5. The van der Waals surface area contributed by atoms with Crippen LogP contribution >= 0.6 is 0 Å². The molecule has 0 aliphatic carbocycles. The summed E-state index contributed by atoms with van der Waals surface area (Å²) in [5.41, 5.74) is 0.907. The zero-order valence-corrected chi connectivity index (χ0v) is 8.16. The molecule has 1 aromatic rings. The molecular weight excluding hydrogens is 182 g/mol. The quantitative estimate of drug-likeness (QED) is 0.707. The van der Waals surface area contributed by atoms with Crippen molar-refractivity contribution in [2.45, 2.75) is 6.54 Å². The Labute approximate surface area is 82.8 Å². The zero-order chi connectivity index (χ0) is 10.4. The Bertz CT molecular complexity index is 290. The first-order chi connectivity index (χ1) is 6.80. The number of hydrogen-bond donors (Lipinski definition) is 1.